The van der Waals surface area contributed by atoms with Crippen molar-refractivity contribution in [1.82, 2.24) is 5.32 Å². The summed E-state index contributed by atoms with van der Waals surface area (Å²) in [6.45, 7) is 3.22. The fourth-order valence-electron chi connectivity index (χ4n) is 1.03. The smallest absolute Gasteiger partial charge is 0.141 e. The Bertz CT molecular complexity index is 304. The van der Waals surface area contributed by atoms with Crippen molar-refractivity contribution in [3.63, 3.8) is 0 Å². The molecule has 78 valence electrons. The van der Waals surface area contributed by atoms with Crippen molar-refractivity contribution in [2.75, 3.05) is 6.54 Å². The van der Waals surface area contributed by atoms with E-state index in [1.807, 2.05) is 6.92 Å². The molecule has 0 amide bonds. The third kappa shape index (κ3) is 3.25. The van der Waals surface area contributed by atoms with Crippen LogP contribution in [0.2, 0.25) is 5.02 Å². The maximum absolute atomic E-state index is 12.8. The summed E-state index contributed by atoms with van der Waals surface area (Å²) in [5.41, 5.74) is 6.40. The summed E-state index contributed by atoms with van der Waals surface area (Å²) < 4.78 is 12.8. The molecule has 0 aromatic heterocycles. The van der Waals surface area contributed by atoms with E-state index in [0.717, 1.165) is 5.56 Å². The molecule has 0 aliphatic rings. The van der Waals surface area contributed by atoms with Crippen LogP contribution < -0.4 is 11.1 Å². The third-order valence-electron chi connectivity index (χ3n) is 1.99. The first-order valence-electron chi connectivity index (χ1n) is 4.51. The molecule has 4 heteroatoms. The fraction of sp³-hybridized carbons (Fsp3) is 0.400. The zero-order valence-corrected chi connectivity index (χ0v) is 8.81. The molecule has 0 saturated heterocycles. The lowest BCUT2D eigenvalue weighted by atomic mass is 10.2. The van der Waals surface area contributed by atoms with Gasteiger partial charge in [-0.1, -0.05) is 17.7 Å². The quantitative estimate of drug-likeness (QED) is 0.807. The number of nitrogens with two attached hydrogens (primary N) is 1. The molecule has 0 radical (unpaired) electrons. The zero-order chi connectivity index (χ0) is 10.6. The van der Waals surface area contributed by atoms with E-state index < -0.39 is 0 Å². The Kier molecular flexibility index (Phi) is 4.32. The maximum Gasteiger partial charge on any atom is 0.141 e. The largest absolute Gasteiger partial charge is 0.329 e. The Morgan fingerprint density at radius 1 is 1.57 bits per heavy atom. The van der Waals surface area contributed by atoms with Crippen LogP contribution in [0.1, 0.15) is 12.5 Å². The van der Waals surface area contributed by atoms with Gasteiger partial charge in [-0.15, -0.1) is 0 Å². The van der Waals surface area contributed by atoms with Crippen molar-refractivity contribution < 1.29 is 4.39 Å². The van der Waals surface area contributed by atoms with Gasteiger partial charge in [0.05, 0.1) is 5.02 Å². The molecule has 1 unspecified atom stereocenters. The second-order valence-corrected chi connectivity index (χ2v) is 3.67. The van der Waals surface area contributed by atoms with Gasteiger partial charge in [-0.2, -0.15) is 0 Å². The highest BCUT2D eigenvalue weighted by atomic mass is 35.5. The number of benzene rings is 1. The van der Waals surface area contributed by atoms with Crippen LogP contribution in [0, 0.1) is 5.82 Å². The lowest BCUT2D eigenvalue weighted by molar-refractivity contribution is 0.555. The van der Waals surface area contributed by atoms with Crippen LogP contribution in [0.15, 0.2) is 18.2 Å². The molecule has 1 atom stereocenters. The van der Waals surface area contributed by atoms with Crippen LogP contribution in [0.5, 0.6) is 0 Å². The summed E-state index contributed by atoms with van der Waals surface area (Å²) >= 11 is 5.64. The van der Waals surface area contributed by atoms with Crippen LogP contribution in [-0.2, 0) is 6.54 Å². The highest BCUT2D eigenvalue weighted by Crippen LogP contribution is 2.15. The normalized spacial score (nSPS) is 12.9. The predicted molar refractivity (Wildman–Crippen MR) is 56.8 cm³/mol. The number of hydrogen-bond donors (Lipinski definition) is 2. The first-order valence-corrected chi connectivity index (χ1v) is 4.88. The molecule has 3 N–H and O–H groups in total. The van der Waals surface area contributed by atoms with Gasteiger partial charge in [-0.25, -0.2) is 4.39 Å². The molecule has 0 spiro atoms. The van der Waals surface area contributed by atoms with Gasteiger partial charge in [0, 0.05) is 19.1 Å². The summed E-state index contributed by atoms with van der Waals surface area (Å²) in [5, 5.41) is 3.35. The van der Waals surface area contributed by atoms with Crippen molar-refractivity contribution in [2.24, 2.45) is 5.73 Å². The number of halogens is 2. The SMILES string of the molecule is CC(CN)NCc1ccc(F)c(Cl)c1. The Morgan fingerprint density at radius 2 is 2.29 bits per heavy atom. The van der Waals surface area contributed by atoms with Gasteiger partial charge in [0.1, 0.15) is 5.82 Å². The van der Waals surface area contributed by atoms with Gasteiger partial charge in [0.25, 0.3) is 0 Å². The second kappa shape index (κ2) is 5.29. The van der Waals surface area contributed by atoms with Gasteiger partial charge in [0.2, 0.25) is 0 Å². The van der Waals surface area contributed by atoms with Gasteiger partial charge in [0.15, 0.2) is 0 Å². The molecule has 14 heavy (non-hydrogen) atoms. The van der Waals surface area contributed by atoms with Crippen molar-refractivity contribution in [3.05, 3.63) is 34.6 Å². The monoisotopic (exact) mass is 216 g/mol. The average molecular weight is 217 g/mol. The van der Waals surface area contributed by atoms with E-state index in [0.29, 0.717) is 13.1 Å². The molecule has 2 nitrogen and oxygen atoms in total. The molecule has 0 fully saturated rings. The highest BCUT2D eigenvalue weighted by molar-refractivity contribution is 6.30. The molecule has 0 bridgehead atoms. The Labute approximate surface area is 88.2 Å². The summed E-state index contributed by atoms with van der Waals surface area (Å²) in [6, 6.07) is 4.94. The lowest BCUT2D eigenvalue weighted by Crippen LogP contribution is -2.32. The van der Waals surface area contributed by atoms with Gasteiger partial charge >= 0.3 is 0 Å². The van der Waals surface area contributed by atoms with Crippen molar-refractivity contribution in [1.29, 1.82) is 0 Å². The first-order chi connectivity index (χ1) is 6.63. The zero-order valence-electron chi connectivity index (χ0n) is 8.06. The van der Waals surface area contributed by atoms with E-state index in [1.54, 1.807) is 12.1 Å². The molecule has 1 rings (SSSR count). The summed E-state index contributed by atoms with van der Waals surface area (Å²) in [4.78, 5) is 0. The topological polar surface area (TPSA) is 38.0 Å². The second-order valence-electron chi connectivity index (χ2n) is 3.27. The minimum atomic E-state index is -0.387. The Morgan fingerprint density at radius 3 is 2.86 bits per heavy atom. The average Bonchev–Trinajstić information content (AvgIpc) is 2.19. The van der Waals surface area contributed by atoms with Crippen LogP contribution >= 0.6 is 11.6 Å². The van der Waals surface area contributed by atoms with Crippen molar-refractivity contribution in [3.8, 4) is 0 Å². The minimum absolute atomic E-state index is 0.157. The molecule has 0 aliphatic heterocycles. The van der Waals surface area contributed by atoms with Gasteiger partial charge in [-0.05, 0) is 24.6 Å². The molecule has 1 aromatic carbocycles. The van der Waals surface area contributed by atoms with E-state index in [2.05, 4.69) is 5.32 Å². The minimum Gasteiger partial charge on any atom is -0.329 e. The lowest BCUT2D eigenvalue weighted by Gasteiger charge is -2.11. The van der Waals surface area contributed by atoms with Crippen molar-refractivity contribution >= 4 is 11.6 Å². The Balaban J connectivity index is 2.55. The predicted octanol–water partition coefficient (Wildman–Crippen LogP) is 1.92. The molecule has 0 aliphatic carbocycles. The van der Waals surface area contributed by atoms with E-state index in [-0.39, 0.29) is 16.9 Å². The van der Waals surface area contributed by atoms with Crippen LogP contribution in [-0.4, -0.2) is 12.6 Å². The van der Waals surface area contributed by atoms with Crippen LogP contribution in [0.3, 0.4) is 0 Å². The highest BCUT2D eigenvalue weighted by Gasteiger charge is 2.02. The van der Waals surface area contributed by atoms with Crippen molar-refractivity contribution in [2.45, 2.75) is 19.5 Å². The van der Waals surface area contributed by atoms with Crippen LogP contribution in [0.4, 0.5) is 4.39 Å². The maximum atomic E-state index is 12.8. The molecule has 0 heterocycles. The third-order valence-corrected chi connectivity index (χ3v) is 2.28. The molecular formula is C10H14ClFN2. The summed E-state index contributed by atoms with van der Waals surface area (Å²) in [7, 11) is 0. The Hall–Kier alpha value is -0.640. The number of rotatable bonds is 4. The first kappa shape index (κ1) is 11.4. The van der Waals surface area contributed by atoms with Crippen LogP contribution in [0.25, 0.3) is 0 Å². The van der Waals surface area contributed by atoms with Gasteiger partial charge < -0.3 is 11.1 Å². The molecule has 0 saturated carbocycles. The van der Waals surface area contributed by atoms with E-state index in [9.17, 15) is 4.39 Å². The summed E-state index contributed by atoms with van der Waals surface area (Å²) in [6.07, 6.45) is 0. The summed E-state index contributed by atoms with van der Waals surface area (Å²) in [5.74, 6) is -0.387. The number of nitrogens with one attached hydrogen (secondary N) is 1. The molecule has 1 aromatic rings. The van der Waals surface area contributed by atoms with E-state index in [1.165, 1.54) is 6.07 Å². The number of hydrogen-bond acceptors (Lipinski definition) is 2. The standard InChI is InChI=1S/C10H14ClFN2/c1-7(5-13)14-6-8-2-3-10(12)9(11)4-8/h2-4,7,14H,5-6,13H2,1H3. The van der Waals surface area contributed by atoms with Gasteiger partial charge in [-0.3, -0.25) is 0 Å². The molecular weight excluding hydrogens is 203 g/mol. The van der Waals surface area contributed by atoms with E-state index >= 15 is 0 Å². The fourth-order valence-corrected chi connectivity index (χ4v) is 1.23. The van der Waals surface area contributed by atoms with E-state index in [4.69, 9.17) is 17.3 Å².